The summed E-state index contributed by atoms with van der Waals surface area (Å²) >= 11 is 5.57. The molecule has 0 aliphatic rings. The Morgan fingerprint density at radius 2 is 2.18 bits per heavy atom. The lowest BCUT2D eigenvalue weighted by atomic mass is 10.1. The van der Waals surface area contributed by atoms with E-state index in [4.69, 9.17) is 11.6 Å². The minimum absolute atomic E-state index is 0.0190. The Bertz CT molecular complexity index is 437. The van der Waals surface area contributed by atoms with Gasteiger partial charge in [0.1, 0.15) is 0 Å². The van der Waals surface area contributed by atoms with Crippen LogP contribution in [0.2, 0.25) is 0 Å². The number of carbonyl (C=O) groups is 1. The minimum Gasteiger partial charge on any atom is -0.351 e. The Morgan fingerprint density at radius 1 is 1.53 bits per heavy atom. The normalized spacial score (nSPS) is 10.4. The van der Waals surface area contributed by atoms with Gasteiger partial charge >= 0.3 is 0 Å². The summed E-state index contributed by atoms with van der Waals surface area (Å²) < 4.78 is 1.84. The summed E-state index contributed by atoms with van der Waals surface area (Å²) in [6.07, 6.45) is 1.14. The highest BCUT2D eigenvalue weighted by molar-refractivity contribution is 6.29. The van der Waals surface area contributed by atoms with Gasteiger partial charge in [-0.15, -0.1) is 0 Å². The Balaban J connectivity index is 2.50. The molecule has 5 heteroatoms. The van der Waals surface area contributed by atoms with Crippen molar-refractivity contribution in [3.63, 3.8) is 0 Å². The summed E-state index contributed by atoms with van der Waals surface area (Å²) in [6.45, 7) is 7.81. The summed E-state index contributed by atoms with van der Waals surface area (Å²) in [5.41, 5.74) is 3.24. The smallest absolute Gasteiger partial charge is 0.220 e. The monoisotopic (exact) mass is 255 g/mol. The van der Waals surface area contributed by atoms with E-state index in [2.05, 4.69) is 17.0 Å². The molecule has 1 aromatic rings. The minimum atomic E-state index is -0.0190. The molecule has 0 aliphatic heterocycles. The average molecular weight is 256 g/mol. The summed E-state index contributed by atoms with van der Waals surface area (Å²) in [7, 11) is 1.91. The van der Waals surface area contributed by atoms with Crippen molar-refractivity contribution < 1.29 is 4.79 Å². The zero-order valence-electron chi connectivity index (χ0n) is 10.5. The van der Waals surface area contributed by atoms with E-state index < -0.39 is 0 Å². The lowest BCUT2D eigenvalue weighted by Gasteiger charge is -2.04. The predicted octanol–water partition coefficient (Wildman–Crippen LogP) is 1.84. The fraction of sp³-hybridized carbons (Fsp3) is 0.500. The Labute approximate surface area is 107 Å². The first kappa shape index (κ1) is 13.8. The molecule has 1 amide bonds. The van der Waals surface area contributed by atoms with Gasteiger partial charge in [-0.1, -0.05) is 18.2 Å². The molecule has 0 fully saturated rings. The van der Waals surface area contributed by atoms with E-state index in [1.807, 2.05) is 25.6 Å². The van der Waals surface area contributed by atoms with Crippen LogP contribution < -0.4 is 5.32 Å². The van der Waals surface area contributed by atoms with Gasteiger partial charge < -0.3 is 5.32 Å². The number of aryl methyl sites for hydroxylation is 2. The summed E-state index contributed by atoms with van der Waals surface area (Å²) in [6, 6.07) is 0. The first-order chi connectivity index (χ1) is 7.91. The van der Waals surface area contributed by atoms with E-state index in [-0.39, 0.29) is 5.91 Å². The molecule has 0 bridgehead atoms. The number of hydrogen-bond acceptors (Lipinski definition) is 2. The second kappa shape index (κ2) is 5.87. The first-order valence-electron chi connectivity index (χ1n) is 5.51. The van der Waals surface area contributed by atoms with Crippen molar-refractivity contribution in [2.75, 3.05) is 6.54 Å². The predicted molar refractivity (Wildman–Crippen MR) is 69.0 cm³/mol. The quantitative estimate of drug-likeness (QED) is 0.873. The van der Waals surface area contributed by atoms with Crippen LogP contribution in [-0.2, 0) is 18.3 Å². The average Bonchev–Trinajstić information content (AvgIpc) is 2.48. The molecule has 1 N–H and O–H groups in total. The van der Waals surface area contributed by atoms with Gasteiger partial charge in [0.2, 0.25) is 5.91 Å². The largest absolute Gasteiger partial charge is 0.351 e. The highest BCUT2D eigenvalue weighted by Gasteiger charge is 2.11. The van der Waals surface area contributed by atoms with Crippen molar-refractivity contribution in [1.82, 2.24) is 15.1 Å². The van der Waals surface area contributed by atoms with Crippen LogP contribution in [0.15, 0.2) is 11.6 Å². The molecule has 0 aliphatic carbocycles. The molecule has 0 saturated heterocycles. The second-order valence-corrected chi connectivity index (χ2v) is 4.60. The van der Waals surface area contributed by atoms with Gasteiger partial charge in [-0.25, -0.2) is 0 Å². The van der Waals surface area contributed by atoms with Gasteiger partial charge in [0, 0.05) is 24.2 Å². The molecule has 1 rings (SSSR count). The number of aromatic nitrogens is 2. The first-order valence-corrected chi connectivity index (χ1v) is 5.88. The maximum absolute atomic E-state index is 11.5. The third-order valence-electron chi connectivity index (χ3n) is 2.74. The fourth-order valence-electron chi connectivity index (χ4n) is 1.70. The third kappa shape index (κ3) is 3.89. The van der Waals surface area contributed by atoms with Crippen molar-refractivity contribution in [2.24, 2.45) is 7.05 Å². The van der Waals surface area contributed by atoms with Gasteiger partial charge in [0.05, 0.1) is 12.2 Å². The fourth-order valence-corrected chi connectivity index (χ4v) is 1.77. The maximum Gasteiger partial charge on any atom is 0.220 e. The van der Waals surface area contributed by atoms with Crippen LogP contribution in [0.1, 0.15) is 23.4 Å². The number of carbonyl (C=O) groups excluding carboxylic acids is 1. The van der Waals surface area contributed by atoms with E-state index in [9.17, 15) is 4.79 Å². The molecule has 0 unspecified atom stereocenters. The summed E-state index contributed by atoms with van der Waals surface area (Å²) in [5, 5.41) is 7.45. The van der Waals surface area contributed by atoms with E-state index in [1.165, 1.54) is 0 Å². The van der Waals surface area contributed by atoms with Crippen molar-refractivity contribution in [3.05, 3.63) is 28.6 Å². The maximum atomic E-state index is 11.5. The molecule has 0 spiro atoms. The van der Waals surface area contributed by atoms with Crippen molar-refractivity contribution in [1.29, 1.82) is 0 Å². The number of amides is 1. The Hall–Kier alpha value is -1.29. The van der Waals surface area contributed by atoms with Crippen LogP contribution in [0.5, 0.6) is 0 Å². The SMILES string of the molecule is C=C(Cl)CNC(=O)CCc1c(C)nn(C)c1C. The molecular weight excluding hydrogens is 238 g/mol. The number of halogens is 1. The molecule has 94 valence electrons. The molecular formula is C12H18ClN3O. The number of nitrogens with zero attached hydrogens (tertiary/aromatic N) is 2. The summed E-state index contributed by atoms with van der Waals surface area (Å²) in [4.78, 5) is 11.5. The second-order valence-electron chi connectivity index (χ2n) is 4.07. The molecule has 0 atom stereocenters. The molecule has 0 aromatic carbocycles. The van der Waals surface area contributed by atoms with E-state index in [0.29, 0.717) is 24.4 Å². The highest BCUT2D eigenvalue weighted by Crippen LogP contribution is 2.13. The van der Waals surface area contributed by atoms with Crippen molar-refractivity contribution >= 4 is 17.5 Å². The zero-order valence-corrected chi connectivity index (χ0v) is 11.3. The molecule has 17 heavy (non-hydrogen) atoms. The van der Waals surface area contributed by atoms with Gasteiger partial charge in [0.15, 0.2) is 0 Å². The zero-order chi connectivity index (χ0) is 13.0. The topological polar surface area (TPSA) is 46.9 Å². The number of rotatable bonds is 5. The lowest BCUT2D eigenvalue weighted by molar-refractivity contribution is -0.120. The van der Waals surface area contributed by atoms with E-state index in [1.54, 1.807) is 0 Å². The van der Waals surface area contributed by atoms with E-state index in [0.717, 1.165) is 17.0 Å². The highest BCUT2D eigenvalue weighted by atomic mass is 35.5. The van der Waals surface area contributed by atoms with Gasteiger partial charge in [-0.3, -0.25) is 9.48 Å². The van der Waals surface area contributed by atoms with Crippen molar-refractivity contribution in [3.8, 4) is 0 Å². The Kier molecular flexibility index (Phi) is 4.75. The third-order valence-corrected chi connectivity index (χ3v) is 2.87. The van der Waals surface area contributed by atoms with Crippen LogP contribution in [0, 0.1) is 13.8 Å². The number of nitrogens with one attached hydrogen (secondary N) is 1. The van der Waals surface area contributed by atoms with Crippen LogP contribution in [0.4, 0.5) is 0 Å². The number of hydrogen-bond donors (Lipinski definition) is 1. The van der Waals surface area contributed by atoms with Crippen molar-refractivity contribution in [2.45, 2.75) is 26.7 Å². The standard InChI is InChI=1S/C12H18ClN3O/c1-8(13)7-14-12(17)6-5-11-9(2)15-16(4)10(11)3/h1,5-7H2,2-4H3,(H,14,17). The van der Waals surface area contributed by atoms with Crippen LogP contribution in [-0.4, -0.2) is 22.2 Å². The summed E-state index contributed by atoms with van der Waals surface area (Å²) in [5.74, 6) is -0.0190. The molecule has 0 saturated carbocycles. The van der Waals surface area contributed by atoms with E-state index >= 15 is 0 Å². The molecule has 4 nitrogen and oxygen atoms in total. The Morgan fingerprint density at radius 3 is 2.65 bits per heavy atom. The van der Waals surface area contributed by atoms with Crippen LogP contribution in [0.25, 0.3) is 0 Å². The van der Waals surface area contributed by atoms with Gasteiger partial charge in [-0.05, 0) is 25.8 Å². The van der Waals surface area contributed by atoms with Gasteiger partial charge in [0.25, 0.3) is 0 Å². The molecule has 0 radical (unpaired) electrons. The van der Waals surface area contributed by atoms with Crippen LogP contribution in [0.3, 0.4) is 0 Å². The van der Waals surface area contributed by atoms with Gasteiger partial charge in [-0.2, -0.15) is 5.10 Å². The van der Waals surface area contributed by atoms with Crippen LogP contribution >= 0.6 is 11.6 Å². The molecule has 1 aromatic heterocycles. The molecule has 1 heterocycles. The lowest BCUT2D eigenvalue weighted by Crippen LogP contribution is -2.24.